The molecule has 3 rings (SSSR count). The molecule has 194 valence electrons. The monoisotopic (exact) mass is 508 g/mol. The van der Waals surface area contributed by atoms with Crippen molar-refractivity contribution in [1.29, 1.82) is 0 Å². The van der Waals surface area contributed by atoms with Crippen LogP contribution in [-0.4, -0.2) is 76.6 Å². The predicted octanol–water partition coefficient (Wildman–Crippen LogP) is 4.35. The normalized spacial score (nSPS) is 21.2. The fourth-order valence-electron chi connectivity index (χ4n) is 4.53. The van der Waals surface area contributed by atoms with Crippen LogP contribution in [0.1, 0.15) is 39.7 Å². The summed E-state index contributed by atoms with van der Waals surface area (Å²) in [6.07, 6.45) is -0.513. The number of piperidine rings is 1. The van der Waals surface area contributed by atoms with Gasteiger partial charge in [-0.15, -0.1) is 0 Å². The van der Waals surface area contributed by atoms with E-state index in [0.717, 1.165) is 17.9 Å². The largest absolute Gasteiger partial charge is 0.492 e. The number of aliphatic hydroxyl groups excluding tert-OH is 1. The van der Waals surface area contributed by atoms with E-state index in [1.165, 1.54) is 18.2 Å². The van der Waals surface area contributed by atoms with Gasteiger partial charge in [0.15, 0.2) is 0 Å². The van der Waals surface area contributed by atoms with Crippen molar-refractivity contribution in [1.82, 2.24) is 9.80 Å². The van der Waals surface area contributed by atoms with E-state index < -0.39 is 17.5 Å². The highest BCUT2D eigenvalue weighted by Gasteiger charge is 2.42. The first-order valence-electron chi connectivity index (χ1n) is 12.3. The first-order chi connectivity index (χ1) is 16.6. The van der Waals surface area contributed by atoms with Gasteiger partial charge in [-0.25, -0.2) is 4.39 Å². The maximum absolute atomic E-state index is 13.7. The fraction of sp³-hybridized carbons (Fsp3) is 0.556. The average molecular weight is 509 g/mol. The number of ether oxygens (including phenoxy) is 2. The van der Waals surface area contributed by atoms with Crippen LogP contribution in [0.25, 0.3) is 0 Å². The highest BCUT2D eigenvalue weighted by Crippen LogP contribution is 2.27. The van der Waals surface area contributed by atoms with Crippen molar-refractivity contribution < 1.29 is 24.1 Å². The lowest BCUT2D eigenvalue weighted by atomic mass is 9.90. The number of halogens is 2. The standard InChI is InChI=1S/C27H38ClFN2O4/c1-19(2)31(20(3)4)13-14-34-22-7-5-21(6-8-22)16-30-12-11-26(32)27(33,17-30)18-35-23-9-10-24(28)25(29)15-23/h5-10,15,19-20,26,32-33H,11-14,16-18H2,1-4H3/t26-,27-/m0/s1. The fourth-order valence-corrected chi connectivity index (χ4v) is 4.65. The molecule has 0 radical (unpaired) electrons. The Morgan fingerprint density at radius 1 is 1.09 bits per heavy atom. The minimum absolute atomic E-state index is 0.00412. The van der Waals surface area contributed by atoms with E-state index >= 15 is 0 Å². The Kier molecular flexibility index (Phi) is 9.78. The van der Waals surface area contributed by atoms with Gasteiger partial charge in [0.25, 0.3) is 0 Å². The lowest BCUT2D eigenvalue weighted by molar-refractivity contribution is -0.140. The molecule has 1 saturated heterocycles. The molecule has 1 aliphatic rings. The summed E-state index contributed by atoms with van der Waals surface area (Å²) < 4.78 is 25.2. The van der Waals surface area contributed by atoms with Crippen LogP contribution in [0.3, 0.4) is 0 Å². The van der Waals surface area contributed by atoms with Crippen molar-refractivity contribution in [2.24, 2.45) is 0 Å². The molecule has 1 fully saturated rings. The maximum Gasteiger partial charge on any atom is 0.145 e. The van der Waals surface area contributed by atoms with Crippen LogP contribution in [0.15, 0.2) is 42.5 Å². The van der Waals surface area contributed by atoms with Crippen LogP contribution in [-0.2, 0) is 6.54 Å². The molecule has 2 atom stereocenters. The molecule has 0 spiro atoms. The molecule has 6 nitrogen and oxygen atoms in total. The van der Waals surface area contributed by atoms with Crippen molar-refractivity contribution >= 4 is 11.6 Å². The van der Waals surface area contributed by atoms with E-state index in [4.69, 9.17) is 21.1 Å². The van der Waals surface area contributed by atoms with E-state index in [-0.39, 0.29) is 23.9 Å². The van der Waals surface area contributed by atoms with Gasteiger partial charge in [-0.2, -0.15) is 0 Å². The Balaban J connectivity index is 1.51. The molecular weight excluding hydrogens is 471 g/mol. The summed E-state index contributed by atoms with van der Waals surface area (Å²) in [5.74, 6) is 0.493. The maximum atomic E-state index is 13.7. The van der Waals surface area contributed by atoms with Gasteiger partial charge in [0.2, 0.25) is 0 Å². The van der Waals surface area contributed by atoms with Crippen molar-refractivity contribution in [2.45, 2.75) is 64.4 Å². The predicted molar refractivity (Wildman–Crippen MR) is 137 cm³/mol. The summed E-state index contributed by atoms with van der Waals surface area (Å²) >= 11 is 5.71. The number of aliphatic hydroxyl groups is 2. The first kappa shape index (κ1) is 27.7. The number of β-amino-alcohol motifs (C(OH)–C–C–N with tert-alkyl or cyclic N) is 1. The van der Waals surface area contributed by atoms with E-state index in [1.807, 2.05) is 24.3 Å². The van der Waals surface area contributed by atoms with Gasteiger partial charge >= 0.3 is 0 Å². The minimum Gasteiger partial charge on any atom is -0.492 e. The highest BCUT2D eigenvalue weighted by atomic mass is 35.5. The van der Waals surface area contributed by atoms with Crippen LogP contribution < -0.4 is 9.47 Å². The summed E-state index contributed by atoms with van der Waals surface area (Å²) in [6.45, 7) is 11.6. The summed E-state index contributed by atoms with van der Waals surface area (Å²) in [5.41, 5.74) is -0.376. The van der Waals surface area contributed by atoms with Gasteiger partial charge < -0.3 is 19.7 Å². The third-order valence-corrected chi connectivity index (χ3v) is 6.80. The van der Waals surface area contributed by atoms with Crippen molar-refractivity contribution in [2.75, 3.05) is 32.8 Å². The number of benzene rings is 2. The van der Waals surface area contributed by atoms with E-state index in [1.54, 1.807) is 0 Å². The third-order valence-electron chi connectivity index (χ3n) is 6.49. The van der Waals surface area contributed by atoms with E-state index in [2.05, 4.69) is 37.5 Å². The number of rotatable bonds is 11. The number of hydrogen-bond donors (Lipinski definition) is 2. The molecule has 2 N–H and O–H groups in total. The lowest BCUT2D eigenvalue weighted by Gasteiger charge is -2.42. The average Bonchev–Trinajstić information content (AvgIpc) is 2.80. The number of hydrogen-bond acceptors (Lipinski definition) is 6. The van der Waals surface area contributed by atoms with Gasteiger partial charge in [-0.3, -0.25) is 9.80 Å². The molecule has 35 heavy (non-hydrogen) atoms. The quantitative estimate of drug-likeness (QED) is 0.470. The SMILES string of the molecule is CC(C)N(CCOc1ccc(CN2CC[C@H](O)[C@@](O)(COc3ccc(Cl)c(F)c3)C2)cc1)C(C)C. The van der Waals surface area contributed by atoms with Gasteiger partial charge in [0, 0.05) is 44.3 Å². The zero-order chi connectivity index (χ0) is 25.6. The molecule has 1 aliphatic heterocycles. The van der Waals surface area contributed by atoms with E-state index in [0.29, 0.717) is 38.2 Å². The Bertz CT molecular complexity index is 935. The molecule has 1 heterocycles. The van der Waals surface area contributed by atoms with Crippen molar-refractivity contribution in [3.63, 3.8) is 0 Å². The second kappa shape index (κ2) is 12.4. The molecule has 2 aromatic carbocycles. The van der Waals surface area contributed by atoms with Gasteiger partial charge in [0.1, 0.15) is 36.1 Å². The van der Waals surface area contributed by atoms with Crippen LogP contribution >= 0.6 is 11.6 Å². The molecule has 0 aromatic heterocycles. The molecule has 0 bridgehead atoms. The number of likely N-dealkylation sites (tertiary alicyclic amines) is 1. The molecular formula is C27H38ClFN2O4. The minimum atomic E-state index is -1.46. The molecule has 0 unspecified atom stereocenters. The summed E-state index contributed by atoms with van der Waals surface area (Å²) in [5, 5.41) is 21.5. The summed E-state index contributed by atoms with van der Waals surface area (Å²) in [4.78, 5) is 4.48. The molecule has 0 saturated carbocycles. The topological polar surface area (TPSA) is 65.4 Å². The van der Waals surface area contributed by atoms with Crippen molar-refractivity contribution in [3.8, 4) is 11.5 Å². The second-order valence-electron chi connectivity index (χ2n) is 9.90. The number of nitrogens with zero attached hydrogens (tertiary/aromatic N) is 2. The third kappa shape index (κ3) is 7.79. The van der Waals surface area contributed by atoms with Crippen LogP contribution in [0.4, 0.5) is 4.39 Å². The second-order valence-corrected chi connectivity index (χ2v) is 10.3. The molecule has 8 heteroatoms. The molecule has 0 amide bonds. The zero-order valence-electron chi connectivity index (χ0n) is 21.1. The zero-order valence-corrected chi connectivity index (χ0v) is 21.8. The molecule has 2 aromatic rings. The highest BCUT2D eigenvalue weighted by molar-refractivity contribution is 6.30. The van der Waals surface area contributed by atoms with Crippen molar-refractivity contribution in [3.05, 3.63) is 58.9 Å². The van der Waals surface area contributed by atoms with Gasteiger partial charge in [-0.05, 0) is 63.9 Å². The first-order valence-corrected chi connectivity index (χ1v) is 12.6. The van der Waals surface area contributed by atoms with E-state index in [9.17, 15) is 14.6 Å². The van der Waals surface area contributed by atoms with Gasteiger partial charge in [0.05, 0.1) is 11.1 Å². The smallest absolute Gasteiger partial charge is 0.145 e. The molecule has 0 aliphatic carbocycles. The Hall–Kier alpha value is -1.90. The van der Waals surface area contributed by atoms with Crippen LogP contribution in [0.5, 0.6) is 11.5 Å². The van der Waals surface area contributed by atoms with Crippen LogP contribution in [0.2, 0.25) is 5.02 Å². The summed E-state index contributed by atoms with van der Waals surface area (Å²) in [7, 11) is 0. The Labute approximate surface area is 213 Å². The van der Waals surface area contributed by atoms with Crippen LogP contribution in [0, 0.1) is 5.82 Å². The Morgan fingerprint density at radius 3 is 2.37 bits per heavy atom. The Morgan fingerprint density at radius 2 is 1.74 bits per heavy atom. The van der Waals surface area contributed by atoms with Gasteiger partial charge in [-0.1, -0.05) is 23.7 Å². The summed E-state index contributed by atoms with van der Waals surface area (Å²) in [6, 6.07) is 13.0. The lowest BCUT2D eigenvalue weighted by Crippen LogP contribution is -2.59.